The van der Waals surface area contributed by atoms with Crippen LogP contribution in [-0.2, 0) is 4.79 Å². The lowest BCUT2D eigenvalue weighted by Crippen LogP contribution is -2.35. The maximum atomic E-state index is 13.3. The summed E-state index contributed by atoms with van der Waals surface area (Å²) in [5, 5.41) is 0. The third-order valence-corrected chi connectivity index (χ3v) is 4.72. The molecule has 3 aromatic carbocycles. The van der Waals surface area contributed by atoms with E-state index in [1.165, 1.54) is 0 Å². The van der Waals surface area contributed by atoms with Gasteiger partial charge in [0.15, 0.2) is 5.78 Å². The predicted molar refractivity (Wildman–Crippen MR) is 107 cm³/mol. The van der Waals surface area contributed by atoms with E-state index in [1.54, 1.807) is 4.90 Å². The van der Waals surface area contributed by atoms with Crippen LogP contribution in [0.3, 0.4) is 0 Å². The third kappa shape index (κ3) is 3.32. The number of carbonyl (C=O) groups excluding carboxylic acids is 2. The molecule has 0 aliphatic carbocycles. The van der Waals surface area contributed by atoms with Crippen molar-refractivity contribution in [1.29, 1.82) is 0 Å². The summed E-state index contributed by atoms with van der Waals surface area (Å²) < 4.78 is 0. The van der Waals surface area contributed by atoms with Crippen LogP contribution in [0.2, 0.25) is 0 Å². The molecule has 0 radical (unpaired) electrons. The molecule has 3 nitrogen and oxygen atoms in total. The third-order valence-electron chi connectivity index (χ3n) is 4.72. The summed E-state index contributed by atoms with van der Waals surface area (Å²) in [6.45, 7) is 0. The van der Waals surface area contributed by atoms with Crippen LogP contribution >= 0.6 is 0 Å². The number of anilines is 1. The van der Waals surface area contributed by atoms with Gasteiger partial charge in [-0.15, -0.1) is 0 Å². The molecule has 3 aromatic rings. The fourth-order valence-electron chi connectivity index (χ4n) is 3.46. The van der Waals surface area contributed by atoms with E-state index < -0.39 is 0 Å². The highest BCUT2D eigenvalue weighted by Crippen LogP contribution is 2.36. The van der Waals surface area contributed by atoms with Gasteiger partial charge >= 0.3 is 0 Å². The molecule has 0 atom stereocenters. The maximum absolute atomic E-state index is 13.3. The zero-order valence-corrected chi connectivity index (χ0v) is 14.8. The lowest BCUT2D eigenvalue weighted by Gasteiger charge is -2.32. The Labute approximate surface area is 158 Å². The molecule has 0 saturated heterocycles. The molecular weight excluding hydrogens is 334 g/mol. The van der Waals surface area contributed by atoms with Crippen LogP contribution in [-0.4, -0.2) is 11.7 Å². The van der Waals surface area contributed by atoms with E-state index in [0.717, 1.165) is 11.3 Å². The second-order valence-corrected chi connectivity index (χ2v) is 6.45. The molecule has 132 valence electrons. The van der Waals surface area contributed by atoms with Crippen molar-refractivity contribution in [2.75, 3.05) is 4.90 Å². The van der Waals surface area contributed by atoms with E-state index in [1.807, 2.05) is 91.0 Å². The van der Waals surface area contributed by atoms with E-state index in [0.29, 0.717) is 29.7 Å². The molecule has 4 rings (SSSR count). The molecule has 0 bridgehead atoms. The Morgan fingerprint density at radius 2 is 1.26 bits per heavy atom. The number of amides is 1. The van der Waals surface area contributed by atoms with Crippen LogP contribution in [0.5, 0.6) is 0 Å². The molecule has 1 amide bonds. The highest BCUT2D eigenvalue weighted by molar-refractivity contribution is 6.20. The van der Waals surface area contributed by atoms with Crippen molar-refractivity contribution in [3.8, 4) is 0 Å². The van der Waals surface area contributed by atoms with Gasteiger partial charge in [0.05, 0.1) is 5.70 Å². The number of para-hydroxylation sites is 1. The summed E-state index contributed by atoms with van der Waals surface area (Å²) in [4.78, 5) is 27.8. The second kappa shape index (κ2) is 7.42. The molecule has 0 saturated carbocycles. The smallest absolute Gasteiger partial charge is 0.231 e. The van der Waals surface area contributed by atoms with Gasteiger partial charge in [0.25, 0.3) is 0 Å². The predicted octanol–water partition coefficient (Wildman–Crippen LogP) is 5.11. The Kier molecular flexibility index (Phi) is 4.67. The summed E-state index contributed by atoms with van der Waals surface area (Å²) in [7, 11) is 0. The zero-order valence-electron chi connectivity index (χ0n) is 14.8. The van der Waals surface area contributed by atoms with E-state index in [9.17, 15) is 9.59 Å². The van der Waals surface area contributed by atoms with E-state index in [4.69, 9.17) is 0 Å². The molecule has 27 heavy (non-hydrogen) atoms. The molecular formula is C24H19NO2. The van der Waals surface area contributed by atoms with Crippen LogP contribution in [0.4, 0.5) is 5.69 Å². The van der Waals surface area contributed by atoms with Gasteiger partial charge in [-0.2, -0.15) is 0 Å². The topological polar surface area (TPSA) is 37.4 Å². The first-order chi connectivity index (χ1) is 13.3. The molecule has 3 heteroatoms. The SMILES string of the molecule is O=C(C1=C(c2ccccc2)N(c2ccccc2)C(=O)CC1)c1ccccc1. The standard InChI is InChI=1S/C24H19NO2/c26-22-17-16-21(24(27)19-12-6-2-7-13-19)23(18-10-4-1-5-11-18)25(22)20-14-8-3-9-15-20/h1-15H,16-17H2. The van der Waals surface area contributed by atoms with Gasteiger partial charge in [-0.3, -0.25) is 14.5 Å². The fourth-order valence-corrected chi connectivity index (χ4v) is 3.46. The minimum absolute atomic E-state index is 0.00432. The van der Waals surface area contributed by atoms with Crippen molar-refractivity contribution in [1.82, 2.24) is 0 Å². The summed E-state index contributed by atoms with van der Waals surface area (Å²) in [5.74, 6) is -0.0208. The molecule has 0 unspecified atom stereocenters. The first kappa shape index (κ1) is 17.0. The van der Waals surface area contributed by atoms with Crippen molar-refractivity contribution >= 4 is 23.1 Å². The lowest BCUT2D eigenvalue weighted by atomic mass is 9.90. The molecule has 1 aliphatic rings. The summed E-state index contributed by atoms with van der Waals surface area (Å²) in [6.07, 6.45) is 0.763. The van der Waals surface area contributed by atoms with Crippen LogP contribution in [0.15, 0.2) is 96.6 Å². The van der Waals surface area contributed by atoms with Crippen molar-refractivity contribution in [2.24, 2.45) is 0 Å². The molecule has 1 heterocycles. The Bertz CT molecular complexity index is 992. The highest BCUT2D eigenvalue weighted by atomic mass is 16.2. The van der Waals surface area contributed by atoms with Gasteiger partial charge in [-0.1, -0.05) is 78.9 Å². The molecule has 1 aliphatic heterocycles. The van der Waals surface area contributed by atoms with Gasteiger partial charge < -0.3 is 0 Å². The van der Waals surface area contributed by atoms with Crippen molar-refractivity contribution in [3.05, 3.63) is 108 Å². The Morgan fingerprint density at radius 3 is 1.89 bits per heavy atom. The van der Waals surface area contributed by atoms with E-state index in [2.05, 4.69) is 0 Å². The largest absolute Gasteiger partial charge is 0.289 e. The van der Waals surface area contributed by atoms with Crippen molar-refractivity contribution in [3.63, 3.8) is 0 Å². The van der Waals surface area contributed by atoms with Crippen LogP contribution in [0.1, 0.15) is 28.8 Å². The summed E-state index contributed by atoms with van der Waals surface area (Å²) >= 11 is 0. The second-order valence-electron chi connectivity index (χ2n) is 6.45. The normalized spacial score (nSPS) is 14.4. The Hall–Kier alpha value is -3.46. The number of hydrogen-bond acceptors (Lipinski definition) is 2. The van der Waals surface area contributed by atoms with Gasteiger partial charge in [-0.25, -0.2) is 0 Å². The van der Waals surface area contributed by atoms with Crippen molar-refractivity contribution < 1.29 is 9.59 Å². The van der Waals surface area contributed by atoms with Crippen LogP contribution in [0.25, 0.3) is 5.70 Å². The van der Waals surface area contributed by atoms with Crippen LogP contribution < -0.4 is 4.90 Å². The number of nitrogens with zero attached hydrogens (tertiary/aromatic N) is 1. The highest BCUT2D eigenvalue weighted by Gasteiger charge is 2.32. The number of Topliss-reactive ketones (excluding diaryl/α,β-unsaturated/α-hetero) is 1. The van der Waals surface area contributed by atoms with Crippen molar-refractivity contribution in [2.45, 2.75) is 12.8 Å². The van der Waals surface area contributed by atoms with Gasteiger partial charge in [0, 0.05) is 23.2 Å². The van der Waals surface area contributed by atoms with Crippen LogP contribution in [0, 0.1) is 0 Å². The molecule has 0 fully saturated rings. The fraction of sp³-hybridized carbons (Fsp3) is 0.0833. The minimum atomic E-state index is -0.0251. The van der Waals surface area contributed by atoms with E-state index in [-0.39, 0.29) is 11.7 Å². The van der Waals surface area contributed by atoms with Gasteiger partial charge in [0.2, 0.25) is 5.91 Å². The number of benzene rings is 3. The Balaban J connectivity index is 1.93. The number of rotatable bonds is 4. The van der Waals surface area contributed by atoms with Gasteiger partial charge in [-0.05, 0) is 24.1 Å². The number of allylic oxidation sites excluding steroid dienone is 1. The summed E-state index contributed by atoms with van der Waals surface area (Å²) in [6, 6.07) is 28.4. The zero-order chi connectivity index (χ0) is 18.6. The Morgan fingerprint density at radius 1 is 0.704 bits per heavy atom. The summed E-state index contributed by atoms with van der Waals surface area (Å²) in [5.41, 5.74) is 3.65. The maximum Gasteiger partial charge on any atom is 0.231 e. The van der Waals surface area contributed by atoms with Gasteiger partial charge in [0.1, 0.15) is 0 Å². The van der Waals surface area contributed by atoms with E-state index >= 15 is 0 Å². The average molecular weight is 353 g/mol. The number of hydrogen-bond donors (Lipinski definition) is 0. The lowest BCUT2D eigenvalue weighted by molar-refractivity contribution is -0.118. The number of carbonyl (C=O) groups is 2. The monoisotopic (exact) mass is 353 g/mol. The average Bonchev–Trinajstić information content (AvgIpc) is 2.75. The molecule has 0 aromatic heterocycles. The minimum Gasteiger partial charge on any atom is -0.289 e. The quantitative estimate of drug-likeness (QED) is 0.611. The first-order valence-electron chi connectivity index (χ1n) is 9.02. The molecule has 0 N–H and O–H groups in total. The molecule has 0 spiro atoms. The first-order valence-corrected chi connectivity index (χ1v) is 9.02. The number of ketones is 1.